The predicted molar refractivity (Wildman–Crippen MR) is 143 cm³/mol. The molecule has 0 amide bonds. The van der Waals surface area contributed by atoms with Gasteiger partial charge in [0, 0.05) is 22.8 Å². The molecular formula is C31H35NS. The molecule has 1 nitrogen and oxygen atoms in total. The normalized spacial score (nSPS) is 13.7. The number of thiophene rings is 1. The van der Waals surface area contributed by atoms with Crippen LogP contribution in [-0.4, -0.2) is 11.4 Å². The first kappa shape index (κ1) is 23.5. The highest BCUT2D eigenvalue weighted by atomic mass is 32.1. The first-order valence-electron chi connectivity index (χ1n) is 12.2. The second-order valence-electron chi connectivity index (χ2n) is 8.79. The molecule has 3 aromatic carbocycles. The average molecular weight is 454 g/mol. The van der Waals surface area contributed by atoms with Crippen LogP contribution < -0.4 is 0 Å². The van der Waals surface area contributed by atoms with Crippen molar-refractivity contribution in [2.75, 3.05) is 6.54 Å². The molecule has 1 aliphatic heterocycles. The molecule has 170 valence electrons. The summed E-state index contributed by atoms with van der Waals surface area (Å²) in [6.45, 7) is 8.61. The van der Waals surface area contributed by atoms with Crippen molar-refractivity contribution in [1.29, 1.82) is 0 Å². The summed E-state index contributed by atoms with van der Waals surface area (Å²) >= 11 is 1.96. The van der Waals surface area contributed by atoms with E-state index in [1.807, 2.05) is 11.3 Å². The Morgan fingerprint density at radius 1 is 0.727 bits per heavy atom. The van der Waals surface area contributed by atoms with Crippen LogP contribution in [0, 0.1) is 6.92 Å². The molecule has 0 bridgehead atoms. The van der Waals surface area contributed by atoms with E-state index < -0.39 is 0 Å². The van der Waals surface area contributed by atoms with E-state index in [0.717, 1.165) is 19.5 Å². The predicted octanol–water partition coefficient (Wildman–Crippen LogP) is 8.21. The minimum absolute atomic E-state index is 0.308. The maximum Gasteiger partial charge on any atom is 0.0975 e. The van der Waals surface area contributed by atoms with Crippen LogP contribution in [-0.2, 0) is 18.5 Å². The largest absolute Gasteiger partial charge is 0.281 e. The van der Waals surface area contributed by atoms with Crippen LogP contribution in [0.1, 0.15) is 58.7 Å². The van der Waals surface area contributed by atoms with Gasteiger partial charge in [-0.3, -0.25) is 4.90 Å². The number of benzene rings is 3. The summed E-state index contributed by atoms with van der Waals surface area (Å²) in [6, 6.07) is 35.4. The quantitative estimate of drug-likeness (QED) is 0.275. The van der Waals surface area contributed by atoms with Crippen molar-refractivity contribution in [2.24, 2.45) is 0 Å². The van der Waals surface area contributed by atoms with E-state index in [1.54, 1.807) is 4.88 Å². The Hall–Kier alpha value is -2.68. The number of unbranched alkanes of at least 4 members (excludes halogenated alkanes) is 1. The molecule has 1 aliphatic rings. The summed E-state index contributed by atoms with van der Waals surface area (Å²) < 4.78 is 0. The molecular weight excluding hydrogens is 418 g/mol. The fourth-order valence-corrected chi connectivity index (χ4v) is 5.89. The van der Waals surface area contributed by atoms with Crippen molar-refractivity contribution in [3.63, 3.8) is 0 Å². The summed E-state index contributed by atoms with van der Waals surface area (Å²) in [5.41, 5.74) is 5.16. The average Bonchev–Trinajstić information content (AvgIpc) is 3.26. The molecule has 2 heteroatoms. The van der Waals surface area contributed by atoms with Gasteiger partial charge >= 0.3 is 0 Å². The van der Waals surface area contributed by atoms with E-state index in [-0.39, 0.29) is 5.54 Å². The van der Waals surface area contributed by atoms with Crippen molar-refractivity contribution in [1.82, 2.24) is 4.90 Å². The molecule has 0 N–H and O–H groups in total. The second-order valence-corrected chi connectivity index (χ2v) is 10.1. The van der Waals surface area contributed by atoms with Gasteiger partial charge in [0.25, 0.3) is 0 Å². The molecule has 0 spiro atoms. The minimum atomic E-state index is -0.308. The van der Waals surface area contributed by atoms with Crippen LogP contribution in [0.25, 0.3) is 0 Å². The molecule has 4 aromatic rings. The van der Waals surface area contributed by atoms with Gasteiger partial charge in [-0.05, 0) is 41.7 Å². The van der Waals surface area contributed by atoms with Gasteiger partial charge < -0.3 is 0 Å². The van der Waals surface area contributed by atoms with Gasteiger partial charge in [-0.1, -0.05) is 118 Å². The van der Waals surface area contributed by atoms with E-state index in [4.69, 9.17) is 0 Å². The van der Waals surface area contributed by atoms with Gasteiger partial charge in [-0.25, -0.2) is 0 Å². The van der Waals surface area contributed by atoms with E-state index in [0.29, 0.717) is 0 Å². The van der Waals surface area contributed by atoms with Crippen LogP contribution in [0.15, 0.2) is 97.1 Å². The Morgan fingerprint density at radius 2 is 1.18 bits per heavy atom. The van der Waals surface area contributed by atoms with Crippen LogP contribution in [0.3, 0.4) is 0 Å². The van der Waals surface area contributed by atoms with E-state index in [1.165, 1.54) is 40.0 Å². The van der Waals surface area contributed by atoms with Crippen molar-refractivity contribution >= 4 is 11.3 Å². The third kappa shape index (κ3) is 4.83. The topological polar surface area (TPSA) is 3.24 Å². The molecule has 2 heterocycles. The molecule has 0 fully saturated rings. The van der Waals surface area contributed by atoms with Gasteiger partial charge in [-0.15, -0.1) is 11.3 Å². The Balaban J connectivity index is 0.000000601. The third-order valence-electron chi connectivity index (χ3n) is 6.54. The smallest absolute Gasteiger partial charge is 0.0975 e. The van der Waals surface area contributed by atoms with Gasteiger partial charge in [0.1, 0.15) is 0 Å². The molecule has 0 unspecified atom stereocenters. The first-order chi connectivity index (χ1) is 16.2. The van der Waals surface area contributed by atoms with Gasteiger partial charge in [0.05, 0.1) is 5.54 Å². The highest BCUT2D eigenvalue weighted by Crippen LogP contribution is 2.45. The molecule has 1 aromatic heterocycles. The molecule has 0 saturated carbocycles. The summed E-state index contributed by atoms with van der Waals surface area (Å²) in [7, 11) is 0. The number of hydrogen-bond donors (Lipinski definition) is 0. The molecule has 33 heavy (non-hydrogen) atoms. The second kappa shape index (κ2) is 11.0. The van der Waals surface area contributed by atoms with Gasteiger partial charge in [0.15, 0.2) is 0 Å². The van der Waals surface area contributed by atoms with Crippen molar-refractivity contribution < 1.29 is 0 Å². The van der Waals surface area contributed by atoms with Gasteiger partial charge in [0.2, 0.25) is 0 Å². The van der Waals surface area contributed by atoms with Crippen LogP contribution >= 0.6 is 11.3 Å². The van der Waals surface area contributed by atoms with Gasteiger partial charge in [-0.2, -0.15) is 0 Å². The lowest BCUT2D eigenvalue weighted by molar-refractivity contribution is 0.140. The Labute approximate surface area is 203 Å². The number of fused-ring (bicyclic) bond motifs is 1. The molecule has 5 rings (SSSR count). The van der Waals surface area contributed by atoms with Crippen molar-refractivity contribution in [2.45, 2.75) is 52.1 Å². The van der Waals surface area contributed by atoms with E-state index >= 15 is 0 Å². The monoisotopic (exact) mass is 453 g/mol. The number of nitrogens with zero attached hydrogens (tertiary/aromatic N) is 1. The van der Waals surface area contributed by atoms with Crippen molar-refractivity contribution in [3.8, 4) is 0 Å². The summed E-state index contributed by atoms with van der Waals surface area (Å²) in [5, 5.41) is 0. The number of aryl methyl sites for hydroxylation is 1. The van der Waals surface area contributed by atoms with Crippen LogP contribution in [0.4, 0.5) is 0 Å². The highest BCUT2D eigenvalue weighted by molar-refractivity contribution is 7.12. The summed E-state index contributed by atoms with van der Waals surface area (Å²) in [5.74, 6) is 0. The van der Waals surface area contributed by atoms with Crippen LogP contribution in [0.2, 0.25) is 0 Å². The zero-order valence-electron chi connectivity index (χ0n) is 20.1. The lowest BCUT2D eigenvalue weighted by Crippen LogP contribution is -2.49. The van der Waals surface area contributed by atoms with E-state index in [2.05, 4.69) is 123 Å². The fourth-order valence-electron chi connectivity index (χ4n) is 4.85. The van der Waals surface area contributed by atoms with E-state index in [9.17, 15) is 0 Å². The standard InChI is InChI=1S/C27H25NS.C4H10/c1-21-19-22-20-28(18-17-26(22)29-21)27(23-11-5-2-6-12-23,24-13-7-3-8-14-24)25-15-9-4-10-16-25;1-3-4-2/h2-16,19H,17-18,20H2,1H3;3-4H2,1-2H3. The Morgan fingerprint density at radius 3 is 1.61 bits per heavy atom. The fraction of sp³-hybridized carbons (Fsp3) is 0.290. The third-order valence-corrected chi connectivity index (χ3v) is 7.69. The number of hydrogen-bond acceptors (Lipinski definition) is 2. The highest BCUT2D eigenvalue weighted by Gasteiger charge is 2.43. The lowest BCUT2D eigenvalue weighted by Gasteiger charge is -2.47. The van der Waals surface area contributed by atoms with Crippen LogP contribution in [0.5, 0.6) is 0 Å². The maximum atomic E-state index is 2.68. The molecule has 0 aliphatic carbocycles. The zero-order valence-corrected chi connectivity index (χ0v) is 20.9. The molecule has 0 saturated heterocycles. The Kier molecular flexibility index (Phi) is 7.80. The maximum absolute atomic E-state index is 2.68. The summed E-state index contributed by atoms with van der Waals surface area (Å²) in [4.78, 5) is 5.66. The molecule has 0 radical (unpaired) electrons. The lowest BCUT2D eigenvalue weighted by atomic mass is 9.74. The first-order valence-corrected chi connectivity index (χ1v) is 13.0. The SMILES string of the molecule is CCCC.Cc1cc2c(s1)CCN(C(c1ccccc1)(c1ccccc1)c1ccccc1)C2. The summed E-state index contributed by atoms with van der Waals surface area (Å²) in [6.07, 6.45) is 3.75. The Bertz CT molecular complexity index is 1020. The minimum Gasteiger partial charge on any atom is -0.281 e. The molecule has 0 atom stereocenters. The van der Waals surface area contributed by atoms with Crippen molar-refractivity contribution in [3.05, 3.63) is 129 Å². The number of rotatable bonds is 5. The zero-order chi connectivity index (χ0) is 23.1.